The molecule has 3 heterocycles. The molecule has 0 atom stereocenters. The predicted octanol–water partition coefficient (Wildman–Crippen LogP) is 7.17. The van der Waals surface area contributed by atoms with Gasteiger partial charge in [0.15, 0.2) is 5.65 Å². The molecular formula is C33H29ClFN7O2. The van der Waals surface area contributed by atoms with E-state index in [1.807, 2.05) is 39.7 Å². The van der Waals surface area contributed by atoms with E-state index in [0.717, 1.165) is 53.2 Å². The lowest BCUT2D eigenvalue weighted by molar-refractivity contribution is 0.0697. The van der Waals surface area contributed by atoms with Crippen LogP contribution in [-0.4, -0.2) is 41.4 Å². The van der Waals surface area contributed by atoms with Gasteiger partial charge in [0.1, 0.15) is 23.7 Å². The van der Waals surface area contributed by atoms with Crippen LogP contribution < -0.4 is 11.1 Å². The number of hydrogen-bond acceptors (Lipinski definition) is 6. The van der Waals surface area contributed by atoms with Crippen molar-refractivity contribution in [1.82, 2.24) is 24.3 Å². The Morgan fingerprint density at radius 3 is 2.66 bits per heavy atom. The lowest BCUT2D eigenvalue weighted by Crippen LogP contribution is -2.28. The Balaban J connectivity index is 1.15. The minimum absolute atomic E-state index is 0.102. The van der Waals surface area contributed by atoms with Gasteiger partial charge in [-0.05, 0) is 68.1 Å². The van der Waals surface area contributed by atoms with Gasteiger partial charge in [0.05, 0.1) is 34.2 Å². The molecule has 44 heavy (non-hydrogen) atoms. The van der Waals surface area contributed by atoms with E-state index in [1.54, 1.807) is 24.3 Å². The van der Waals surface area contributed by atoms with Crippen molar-refractivity contribution < 1.29 is 14.3 Å². The molecule has 0 radical (unpaired) electrons. The van der Waals surface area contributed by atoms with Crippen LogP contribution in [0, 0.1) is 5.82 Å². The van der Waals surface area contributed by atoms with Gasteiger partial charge in [0, 0.05) is 34.3 Å². The van der Waals surface area contributed by atoms with E-state index in [1.165, 1.54) is 18.5 Å². The number of carboxylic acid groups (broad SMARTS) is 1. The van der Waals surface area contributed by atoms with Crippen LogP contribution in [0.1, 0.15) is 47.6 Å². The van der Waals surface area contributed by atoms with Crippen molar-refractivity contribution in [2.75, 3.05) is 11.1 Å². The maximum absolute atomic E-state index is 14.3. The first-order valence-electron chi connectivity index (χ1n) is 14.5. The van der Waals surface area contributed by atoms with E-state index in [9.17, 15) is 14.3 Å². The van der Waals surface area contributed by atoms with Crippen LogP contribution >= 0.6 is 11.6 Å². The van der Waals surface area contributed by atoms with E-state index in [-0.39, 0.29) is 23.5 Å². The molecule has 0 spiro atoms. The Bertz CT molecular complexity index is 2030. The summed E-state index contributed by atoms with van der Waals surface area (Å²) < 4.78 is 18.3. The van der Waals surface area contributed by atoms with Crippen molar-refractivity contribution in [3.63, 3.8) is 0 Å². The third-order valence-corrected chi connectivity index (χ3v) is 8.81. The number of halogens is 2. The monoisotopic (exact) mass is 609 g/mol. The molecule has 0 saturated heterocycles. The van der Waals surface area contributed by atoms with E-state index < -0.39 is 5.97 Å². The topological polar surface area (TPSA) is 124 Å². The number of nitrogens with zero attached hydrogens (tertiary/aromatic N) is 5. The molecule has 0 amide bonds. The highest BCUT2D eigenvalue weighted by Gasteiger charge is 2.27. The minimum atomic E-state index is -0.990. The molecule has 4 N–H and O–H groups in total. The molecule has 0 aliphatic heterocycles. The summed E-state index contributed by atoms with van der Waals surface area (Å²) >= 11 is 6.35. The molecule has 3 aromatic carbocycles. The first kappa shape index (κ1) is 27.8. The summed E-state index contributed by atoms with van der Waals surface area (Å²) in [7, 11) is 0. The number of nitrogens with two attached hydrogens (primary N) is 1. The van der Waals surface area contributed by atoms with Gasteiger partial charge >= 0.3 is 5.97 Å². The van der Waals surface area contributed by atoms with Crippen LogP contribution in [0.3, 0.4) is 0 Å². The van der Waals surface area contributed by atoms with Gasteiger partial charge in [-0.2, -0.15) is 5.10 Å². The summed E-state index contributed by atoms with van der Waals surface area (Å²) in [6, 6.07) is 19.9. The van der Waals surface area contributed by atoms with Gasteiger partial charge in [-0.3, -0.25) is 0 Å². The van der Waals surface area contributed by atoms with Gasteiger partial charge in [-0.25, -0.2) is 23.8 Å². The molecular weight excluding hydrogens is 581 g/mol. The zero-order chi connectivity index (χ0) is 30.4. The average molecular weight is 610 g/mol. The third kappa shape index (κ3) is 5.11. The number of aromatic carboxylic acids is 1. The first-order valence-corrected chi connectivity index (χ1v) is 14.8. The number of rotatable bonds is 7. The van der Waals surface area contributed by atoms with Crippen LogP contribution in [0.5, 0.6) is 0 Å². The number of anilines is 2. The van der Waals surface area contributed by atoms with Crippen molar-refractivity contribution in [3.05, 3.63) is 101 Å². The van der Waals surface area contributed by atoms with Crippen LogP contribution in [-0.2, 0) is 6.54 Å². The number of nitrogens with one attached hydrogen (secondary N) is 1. The number of benzene rings is 3. The van der Waals surface area contributed by atoms with E-state index in [4.69, 9.17) is 22.4 Å². The first-order chi connectivity index (χ1) is 21.4. The maximum Gasteiger partial charge on any atom is 0.335 e. The molecule has 11 heteroatoms. The number of carbonyl (C=O) groups is 1. The van der Waals surface area contributed by atoms with Crippen LogP contribution in [0.4, 0.5) is 15.9 Å². The van der Waals surface area contributed by atoms with Crippen molar-refractivity contribution in [3.8, 4) is 11.3 Å². The van der Waals surface area contributed by atoms with Gasteiger partial charge in [-0.1, -0.05) is 35.9 Å². The Kier molecular flexibility index (Phi) is 7.14. The zero-order valence-corrected chi connectivity index (χ0v) is 24.4. The number of hydrogen-bond donors (Lipinski definition) is 3. The van der Waals surface area contributed by atoms with Crippen LogP contribution in [0.25, 0.3) is 33.2 Å². The van der Waals surface area contributed by atoms with Crippen molar-refractivity contribution in [2.45, 2.75) is 44.3 Å². The summed E-state index contributed by atoms with van der Waals surface area (Å²) in [5, 5.41) is 20.1. The molecule has 9 nitrogen and oxygen atoms in total. The number of carboxylic acids is 1. The largest absolute Gasteiger partial charge is 0.478 e. The zero-order valence-electron chi connectivity index (χ0n) is 23.6. The minimum Gasteiger partial charge on any atom is -0.478 e. The summed E-state index contributed by atoms with van der Waals surface area (Å²) in [6.07, 6.45) is 6.80. The van der Waals surface area contributed by atoms with Gasteiger partial charge in [0.2, 0.25) is 0 Å². The molecule has 3 aromatic heterocycles. The lowest BCUT2D eigenvalue weighted by Gasteiger charge is -2.30. The molecule has 222 valence electrons. The predicted molar refractivity (Wildman–Crippen MR) is 169 cm³/mol. The Morgan fingerprint density at radius 1 is 1.05 bits per heavy atom. The molecule has 7 rings (SSSR count). The van der Waals surface area contributed by atoms with E-state index in [2.05, 4.69) is 21.4 Å². The highest BCUT2D eigenvalue weighted by Crippen LogP contribution is 2.38. The number of nitrogen functional groups attached to an aromatic ring is 1. The summed E-state index contributed by atoms with van der Waals surface area (Å²) in [4.78, 5) is 20.3. The molecule has 1 aliphatic rings. The number of aromatic nitrogens is 5. The highest BCUT2D eigenvalue weighted by atomic mass is 35.5. The third-order valence-electron chi connectivity index (χ3n) is 8.48. The molecule has 1 saturated carbocycles. The van der Waals surface area contributed by atoms with Crippen LogP contribution in [0.15, 0.2) is 79.3 Å². The fourth-order valence-corrected chi connectivity index (χ4v) is 6.37. The molecule has 0 unspecified atom stereocenters. The quantitative estimate of drug-likeness (QED) is 0.175. The molecule has 6 aromatic rings. The summed E-state index contributed by atoms with van der Waals surface area (Å²) in [5.74, 6) is -0.841. The Morgan fingerprint density at radius 2 is 1.86 bits per heavy atom. The van der Waals surface area contributed by atoms with E-state index in [0.29, 0.717) is 34.3 Å². The Hall–Kier alpha value is -4.96. The summed E-state index contributed by atoms with van der Waals surface area (Å²) in [5.41, 5.74) is 11.2. The second kappa shape index (κ2) is 11.3. The molecule has 0 bridgehead atoms. The normalized spacial score (nSPS) is 16.9. The second-order valence-corrected chi connectivity index (χ2v) is 11.6. The van der Waals surface area contributed by atoms with Gasteiger partial charge in [0.25, 0.3) is 0 Å². The Labute approximate surface area is 257 Å². The standard InChI is InChI=1S/C33H29ClFN7O2/c34-25-11-5-21(33(43)44)16-27(25)39-23-7-9-24(10-8-23)42-32-29(31(36)37-18-38-32)30(40-42)20-6-12-28-19(15-20)13-14-41(28)17-22-3-1-2-4-26(22)35/h1-6,11-16,18,23-24,39H,7-10,17H2,(H,43,44)(H2,36,37,38). The molecule has 1 fully saturated rings. The number of fused-ring (bicyclic) bond motifs is 2. The van der Waals surface area contributed by atoms with Crippen molar-refractivity contribution >= 4 is 51.0 Å². The fraction of sp³-hybridized carbons (Fsp3) is 0.212. The van der Waals surface area contributed by atoms with Gasteiger partial charge < -0.3 is 20.7 Å². The SMILES string of the molecule is Nc1ncnc2c1c(-c1ccc3c(ccn3Cc3ccccc3F)c1)nn2C1CCC(Nc2cc(C(=O)O)ccc2Cl)CC1. The summed E-state index contributed by atoms with van der Waals surface area (Å²) in [6.45, 7) is 0.433. The van der Waals surface area contributed by atoms with Gasteiger partial charge in [-0.15, -0.1) is 0 Å². The maximum atomic E-state index is 14.3. The van der Waals surface area contributed by atoms with E-state index >= 15 is 0 Å². The highest BCUT2D eigenvalue weighted by molar-refractivity contribution is 6.33. The smallest absolute Gasteiger partial charge is 0.335 e. The fourth-order valence-electron chi connectivity index (χ4n) is 6.20. The van der Waals surface area contributed by atoms with Crippen molar-refractivity contribution in [1.29, 1.82) is 0 Å². The lowest BCUT2D eigenvalue weighted by atomic mass is 9.91. The average Bonchev–Trinajstić information content (AvgIpc) is 3.62. The van der Waals surface area contributed by atoms with Crippen LogP contribution in [0.2, 0.25) is 5.02 Å². The second-order valence-electron chi connectivity index (χ2n) is 11.2. The van der Waals surface area contributed by atoms with Crippen molar-refractivity contribution in [2.24, 2.45) is 0 Å². The molecule has 1 aliphatic carbocycles.